The highest BCUT2D eigenvalue weighted by Crippen LogP contribution is 2.51. The van der Waals surface area contributed by atoms with Crippen LogP contribution in [0.5, 0.6) is 0 Å². The largest absolute Gasteiger partial charge is 0.316 e. The first-order valence-electron chi connectivity index (χ1n) is 6.22. The third-order valence-electron chi connectivity index (χ3n) is 4.24. The van der Waals surface area contributed by atoms with Crippen molar-refractivity contribution in [3.05, 3.63) is 0 Å². The van der Waals surface area contributed by atoms with E-state index in [4.69, 9.17) is 0 Å². The van der Waals surface area contributed by atoms with E-state index in [1.807, 2.05) is 0 Å². The van der Waals surface area contributed by atoms with Crippen LogP contribution in [0.15, 0.2) is 0 Å². The van der Waals surface area contributed by atoms with Crippen LogP contribution in [0, 0.1) is 16.7 Å². The van der Waals surface area contributed by atoms with Gasteiger partial charge in [-0.3, -0.25) is 0 Å². The molecule has 1 spiro atoms. The van der Waals surface area contributed by atoms with Crippen molar-refractivity contribution in [2.24, 2.45) is 16.7 Å². The van der Waals surface area contributed by atoms with Crippen LogP contribution in [0.2, 0.25) is 0 Å². The second-order valence-corrected chi connectivity index (χ2v) is 6.62. The van der Waals surface area contributed by atoms with Gasteiger partial charge in [-0.1, -0.05) is 27.2 Å². The summed E-state index contributed by atoms with van der Waals surface area (Å²) in [6, 6.07) is 0. The zero-order chi connectivity index (χ0) is 10.2. The highest BCUT2D eigenvalue weighted by atomic mass is 14.9. The molecule has 1 aliphatic carbocycles. The number of nitrogens with one attached hydrogen (secondary N) is 1. The lowest BCUT2D eigenvalue weighted by Gasteiger charge is -2.34. The zero-order valence-electron chi connectivity index (χ0n) is 10.0. The molecule has 2 atom stereocenters. The maximum atomic E-state index is 3.60. The highest BCUT2D eigenvalue weighted by Gasteiger charge is 2.42. The van der Waals surface area contributed by atoms with Crippen molar-refractivity contribution in [2.75, 3.05) is 13.1 Å². The second-order valence-electron chi connectivity index (χ2n) is 6.62. The van der Waals surface area contributed by atoms with Gasteiger partial charge in [0.1, 0.15) is 0 Å². The predicted octanol–water partition coefficient (Wildman–Crippen LogP) is 3.20. The summed E-state index contributed by atoms with van der Waals surface area (Å²) in [5.74, 6) is 0.976. The average molecular weight is 195 g/mol. The van der Waals surface area contributed by atoms with Gasteiger partial charge in [0.05, 0.1) is 0 Å². The fourth-order valence-electron chi connectivity index (χ4n) is 3.83. The fourth-order valence-corrected chi connectivity index (χ4v) is 3.83. The molecule has 1 saturated heterocycles. The van der Waals surface area contributed by atoms with Crippen molar-refractivity contribution < 1.29 is 0 Å². The van der Waals surface area contributed by atoms with Crippen LogP contribution in [0.4, 0.5) is 0 Å². The summed E-state index contributed by atoms with van der Waals surface area (Å²) in [7, 11) is 0. The first-order valence-corrected chi connectivity index (χ1v) is 6.22. The zero-order valence-corrected chi connectivity index (χ0v) is 10.0. The van der Waals surface area contributed by atoms with Gasteiger partial charge in [-0.15, -0.1) is 0 Å². The summed E-state index contributed by atoms with van der Waals surface area (Å²) in [6.45, 7) is 9.74. The maximum Gasteiger partial charge on any atom is 0.000273 e. The Hall–Kier alpha value is -0.0400. The summed E-state index contributed by atoms with van der Waals surface area (Å²) < 4.78 is 0. The molecule has 1 heterocycles. The molecule has 2 unspecified atom stereocenters. The van der Waals surface area contributed by atoms with E-state index in [9.17, 15) is 0 Å². The van der Waals surface area contributed by atoms with E-state index in [1.54, 1.807) is 0 Å². The minimum atomic E-state index is 0.514. The van der Waals surface area contributed by atoms with Gasteiger partial charge >= 0.3 is 0 Å². The molecule has 2 fully saturated rings. The molecule has 0 aromatic rings. The van der Waals surface area contributed by atoms with E-state index in [1.165, 1.54) is 45.2 Å². The summed E-state index contributed by atoms with van der Waals surface area (Å²) >= 11 is 0. The molecule has 0 radical (unpaired) electrons. The molecule has 2 rings (SSSR count). The Bertz CT molecular complexity index is 209. The van der Waals surface area contributed by atoms with Gasteiger partial charge in [0, 0.05) is 6.54 Å². The van der Waals surface area contributed by atoms with E-state index in [2.05, 4.69) is 26.1 Å². The lowest BCUT2D eigenvalue weighted by Crippen LogP contribution is -2.28. The molecule has 1 heteroatoms. The molecular formula is C13H25N. The van der Waals surface area contributed by atoms with Crippen molar-refractivity contribution in [2.45, 2.75) is 52.9 Å². The molecule has 1 saturated carbocycles. The van der Waals surface area contributed by atoms with Gasteiger partial charge in [-0.05, 0) is 49.0 Å². The van der Waals surface area contributed by atoms with Gasteiger partial charge in [0.25, 0.3) is 0 Å². The Morgan fingerprint density at radius 2 is 2.00 bits per heavy atom. The van der Waals surface area contributed by atoms with E-state index in [-0.39, 0.29) is 0 Å². The molecule has 0 aromatic carbocycles. The number of hydrogen-bond donors (Lipinski definition) is 1. The minimum absolute atomic E-state index is 0.514. The van der Waals surface area contributed by atoms with Crippen LogP contribution in [0.25, 0.3) is 0 Å². The predicted molar refractivity (Wildman–Crippen MR) is 61.3 cm³/mol. The Balaban J connectivity index is 2.10. The maximum absolute atomic E-state index is 3.60. The van der Waals surface area contributed by atoms with Crippen molar-refractivity contribution >= 4 is 0 Å². The Morgan fingerprint density at radius 3 is 2.64 bits per heavy atom. The molecule has 0 bridgehead atoms. The molecule has 1 nitrogen and oxygen atoms in total. The smallest absolute Gasteiger partial charge is 0.000273 e. The lowest BCUT2D eigenvalue weighted by molar-refractivity contribution is 0.172. The van der Waals surface area contributed by atoms with E-state index in [0.29, 0.717) is 10.8 Å². The standard InChI is InChI=1S/C13H25N/c1-11-4-5-13(8-11)6-7-14-10-12(2,3)9-13/h11,14H,4-10H2,1-3H3. The fraction of sp³-hybridized carbons (Fsp3) is 1.00. The summed E-state index contributed by atoms with van der Waals surface area (Å²) in [4.78, 5) is 0. The Labute approximate surface area is 88.7 Å². The Kier molecular flexibility index (Phi) is 2.63. The van der Waals surface area contributed by atoms with E-state index >= 15 is 0 Å². The summed E-state index contributed by atoms with van der Waals surface area (Å²) in [5, 5.41) is 3.60. The summed E-state index contributed by atoms with van der Waals surface area (Å²) in [6.07, 6.45) is 7.30. The molecule has 0 amide bonds. The van der Waals surface area contributed by atoms with Gasteiger partial charge in [0.15, 0.2) is 0 Å². The topological polar surface area (TPSA) is 12.0 Å². The molecule has 2 aliphatic rings. The van der Waals surface area contributed by atoms with Gasteiger partial charge in [-0.2, -0.15) is 0 Å². The van der Waals surface area contributed by atoms with E-state index < -0.39 is 0 Å². The lowest BCUT2D eigenvalue weighted by atomic mass is 9.70. The normalized spacial score (nSPS) is 42.6. The Morgan fingerprint density at radius 1 is 1.21 bits per heavy atom. The molecule has 14 heavy (non-hydrogen) atoms. The van der Waals surface area contributed by atoms with Crippen LogP contribution in [0.1, 0.15) is 52.9 Å². The van der Waals surface area contributed by atoms with E-state index in [0.717, 1.165) is 5.92 Å². The SMILES string of the molecule is CC1CCC2(CCNCC(C)(C)C2)C1. The van der Waals surface area contributed by atoms with Crippen LogP contribution in [-0.4, -0.2) is 13.1 Å². The van der Waals surface area contributed by atoms with Crippen LogP contribution >= 0.6 is 0 Å². The van der Waals surface area contributed by atoms with Gasteiger partial charge in [0.2, 0.25) is 0 Å². The first-order chi connectivity index (χ1) is 6.52. The highest BCUT2D eigenvalue weighted by molar-refractivity contribution is 4.94. The third-order valence-corrected chi connectivity index (χ3v) is 4.24. The molecule has 0 aromatic heterocycles. The molecule has 82 valence electrons. The van der Waals surface area contributed by atoms with Crippen LogP contribution < -0.4 is 5.32 Å². The minimum Gasteiger partial charge on any atom is -0.316 e. The first kappa shape index (κ1) is 10.5. The average Bonchev–Trinajstić information content (AvgIpc) is 2.32. The van der Waals surface area contributed by atoms with Gasteiger partial charge in [-0.25, -0.2) is 0 Å². The number of rotatable bonds is 0. The summed E-state index contributed by atoms with van der Waals surface area (Å²) in [5.41, 5.74) is 1.22. The second kappa shape index (κ2) is 3.52. The third kappa shape index (κ3) is 2.13. The van der Waals surface area contributed by atoms with Gasteiger partial charge < -0.3 is 5.32 Å². The molecular weight excluding hydrogens is 170 g/mol. The molecule has 1 N–H and O–H groups in total. The van der Waals surface area contributed by atoms with Crippen molar-refractivity contribution in [1.82, 2.24) is 5.32 Å². The molecule has 1 aliphatic heterocycles. The van der Waals surface area contributed by atoms with Crippen molar-refractivity contribution in [3.8, 4) is 0 Å². The number of hydrogen-bond acceptors (Lipinski definition) is 1. The van der Waals surface area contributed by atoms with Crippen molar-refractivity contribution in [3.63, 3.8) is 0 Å². The van der Waals surface area contributed by atoms with Crippen LogP contribution in [-0.2, 0) is 0 Å². The van der Waals surface area contributed by atoms with Crippen LogP contribution in [0.3, 0.4) is 0 Å². The van der Waals surface area contributed by atoms with Crippen molar-refractivity contribution in [1.29, 1.82) is 0 Å². The quantitative estimate of drug-likeness (QED) is 0.626. The monoisotopic (exact) mass is 195 g/mol.